The Morgan fingerprint density at radius 2 is 1.85 bits per heavy atom. The predicted octanol–water partition coefficient (Wildman–Crippen LogP) is 5.24. The van der Waals surface area contributed by atoms with Crippen molar-refractivity contribution in [3.63, 3.8) is 0 Å². The molecule has 0 aliphatic carbocycles. The van der Waals surface area contributed by atoms with Gasteiger partial charge in [0.05, 0.1) is 0 Å². The zero-order valence-corrected chi connectivity index (χ0v) is 15.2. The summed E-state index contributed by atoms with van der Waals surface area (Å²) >= 11 is 6.08. The van der Waals surface area contributed by atoms with Crippen LogP contribution in [0.3, 0.4) is 0 Å². The number of piperidine rings is 1. The van der Waals surface area contributed by atoms with Crippen molar-refractivity contribution < 1.29 is 4.79 Å². The van der Waals surface area contributed by atoms with Gasteiger partial charge in [0.2, 0.25) is 5.91 Å². The van der Waals surface area contributed by atoms with E-state index in [0.29, 0.717) is 5.92 Å². The van der Waals surface area contributed by atoms with E-state index in [1.54, 1.807) is 6.08 Å². The normalized spacial score (nSPS) is 15.8. The van der Waals surface area contributed by atoms with Crippen LogP contribution in [-0.4, -0.2) is 28.9 Å². The third-order valence-electron chi connectivity index (χ3n) is 5.07. The van der Waals surface area contributed by atoms with E-state index in [1.807, 2.05) is 59.5 Å². The lowest BCUT2D eigenvalue weighted by molar-refractivity contribution is -0.126. The molecule has 1 N–H and O–H groups in total. The number of halogens is 1. The van der Waals surface area contributed by atoms with Gasteiger partial charge in [-0.25, -0.2) is 0 Å². The monoisotopic (exact) mass is 364 g/mol. The molecule has 0 atom stereocenters. The molecule has 1 aliphatic heterocycles. The van der Waals surface area contributed by atoms with Crippen LogP contribution in [0.5, 0.6) is 0 Å². The molecule has 0 saturated carbocycles. The summed E-state index contributed by atoms with van der Waals surface area (Å²) in [6, 6.07) is 18.0. The van der Waals surface area contributed by atoms with Gasteiger partial charge < -0.3 is 9.88 Å². The lowest BCUT2D eigenvalue weighted by atomic mass is 9.93. The summed E-state index contributed by atoms with van der Waals surface area (Å²) in [5.41, 5.74) is 3.41. The Kier molecular flexibility index (Phi) is 4.81. The SMILES string of the molecule is O=C(/C=C/c1ccccc1)N1CCC(c2cc3cc(Cl)ccc3[nH]2)CC1. The van der Waals surface area contributed by atoms with E-state index < -0.39 is 0 Å². The van der Waals surface area contributed by atoms with Crippen LogP contribution < -0.4 is 0 Å². The first-order chi connectivity index (χ1) is 12.7. The highest BCUT2D eigenvalue weighted by molar-refractivity contribution is 6.31. The number of hydrogen-bond donors (Lipinski definition) is 1. The highest BCUT2D eigenvalue weighted by atomic mass is 35.5. The number of fused-ring (bicyclic) bond motifs is 1. The predicted molar refractivity (Wildman–Crippen MR) is 107 cm³/mol. The third kappa shape index (κ3) is 3.68. The molecule has 1 fully saturated rings. The fraction of sp³-hybridized carbons (Fsp3) is 0.227. The molecule has 1 aromatic heterocycles. The zero-order chi connectivity index (χ0) is 17.9. The van der Waals surface area contributed by atoms with Crippen LogP contribution in [0.2, 0.25) is 5.02 Å². The van der Waals surface area contributed by atoms with Crippen molar-refractivity contribution in [1.82, 2.24) is 9.88 Å². The molecule has 2 heterocycles. The molecule has 0 bridgehead atoms. The standard InChI is InChI=1S/C22H21ClN2O/c23-19-7-8-20-18(14-19)15-21(24-20)17-10-12-25(13-11-17)22(26)9-6-16-4-2-1-3-5-16/h1-9,14-15,17,24H,10-13H2/b9-6+. The highest BCUT2D eigenvalue weighted by Crippen LogP contribution is 2.31. The number of benzene rings is 2. The molecule has 0 unspecified atom stereocenters. The molecular weight excluding hydrogens is 344 g/mol. The van der Waals surface area contributed by atoms with Gasteiger partial charge in [0.15, 0.2) is 0 Å². The smallest absolute Gasteiger partial charge is 0.246 e. The second-order valence-corrected chi connectivity index (χ2v) is 7.24. The van der Waals surface area contributed by atoms with E-state index in [4.69, 9.17) is 11.6 Å². The van der Waals surface area contributed by atoms with E-state index in [0.717, 1.165) is 47.4 Å². The summed E-state index contributed by atoms with van der Waals surface area (Å²) in [5, 5.41) is 1.91. The Morgan fingerprint density at radius 1 is 1.08 bits per heavy atom. The van der Waals surface area contributed by atoms with E-state index in [9.17, 15) is 4.79 Å². The number of carbonyl (C=O) groups is 1. The van der Waals surface area contributed by atoms with Crippen molar-refractivity contribution in [1.29, 1.82) is 0 Å². The fourth-order valence-electron chi connectivity index (χ4n) is 3.59. The first kappa shape index (κ1) is 16.9. The van der Waals surface area contributed by atoms with Crippen LogP contribution in [0.15, 0.2) is 60.7 Å². The van der Waals surface area contributed by atoms with Gasteiger partial charge in [-0.2, -0.15) is 0 Å². The molecule has 4 rings (SSSR count). The summed E-state index contributed by atoms with van der Waals surface area (Å²) in [6.45, 7) is 1.58. The number of carbonyl (C=O) groups excluding carboxylic acids is 1. The number of hydrogen-bond acceptors (Lipinski definition) is 1. The van der Waals surface area contributed by atoms with Gasteiger partial charge in [0, 0.05) is 46.7 Å². The van der Waals surface area contributed by atoms with Crippen LogP contribution in [0.1, 0.15) is 30.0 Å². The Balaban J connectivity index is 1.38. The Morgan fingerprint density at radius 3 is 2.62 bits per heavy atom. The maximum Gasteiger partial charge on any atom is 0.246 e. The van der Waals surface area contributed by atoms with Crippen LogP contribution in [0, 0.1) is 0 Å². The van der Waals surface area contributed by atoms with Gasteiger partial charge in [-0.05, 0) is 48.7 Å². The summed E-state index contributed by atoms with van der Waals surface area (Å²) < 4.78 is 0. The molecule has 3 nitrogen and oxygen atoms in total. The minimum atomic E-state index is 0.0933. The Hall–Kier alpha value is -2.52. The number of likely N-dealkylation sites (tertiary alicyclic amines) is 1. The van der Waals surface area contributed by atoms with Gasteiger partial charge in [-0.15, -0.1) is 0 Å². The summed E-state index contributed by atoms with van der Waals surface area (Å²) in [7, 11) is 0. The van der Waals surface area contributed by atoms with E-state index in [2.05, 4.69) is 11.1 Å². The van der Waals surface area contributed by atoms with Crippen molar-refractivity contribution in [2.24, 2.45) is 0 Å². The molecular formula is C22H21ClN2O. The lowest BCUT2D eigenvalue weighted by Gasteiger charge is -2.31. The molecule has 132 valence electrons. The average molecular weight is 365 g/mol. The number of aromatic nitrogens is 1. The first-order valence-corrected chi connectivity index (χ1v) is 9.37. The maximum atomic E-state index is 12.4. The summed E-state index contributed by atoms with van der Waals surface area (Å²) in [5.74, 6) is 0.555. The number of aromatic amines is 1. The first-order valence-electron chi connectivity index (χ1n) is 8.99. The van der Waals surface area contributed by atoms with Gasteiger partial charge >= 0.3 is 0 Å². The molecule has 1 aliphatic rings. The largest absolute Gasteiger partial charge is 0.358 e. The molecule has 0 radical (unpaired) electrons. The molecule has 1 saturated heterocycles. The van der Waals surface area contributed by atoms with Crippen LogP contribution >= 0.6 is 11.6 Å². The molecule has 26 heavy (non-hydrogen) atoms. The topological polar surface area (TPSA) is 36.1 Å². The van der Waals surface area contributed by atoms with Crippen molar-refractivity contribution in [2.45, 2.75) is 18.8 Å². The molecule has 0 spiro atoms. The van der Waals surface area contributed by atoms with Crippen LogP contribution in [-0.2, 0) is 4.79 Å². The van der Waals surface area contributed by atoms with Crippen molar-refractivity contribution in [2.75, 3.05) is 13.1 Å². The van der Waals surface area contributed by atoms with Crippen LogP contribution in [0.4, 0.5) is 0 Å². The van der Waals surface area contributed by atoms with Gasteiger partial charge in [0.1, 0.15) is 0 Å². The summed E-state index contributed by atoms with van der Waals surface area (Å²) in [6.07, 6.45) is 5.52. The van der Waals surface area contributed by atoms with E-state index in [1.165, 1.54) is 5.69 Å². The quantitative estimate of drug-likeness (QED) is 0.634. The number of rotatable bonds is 3. The zero-order valence-electron chi connectivity index (χ0n) is 14.5. The summed E-state index contributed by atoms with van der Waals surface area (Å²) in [4.78, 5) is 17.9. The van der Waals surface area contributed by atoms with E-state index in [-0.39, 0.29) is 5.91 Å². The van der Waals surface area contributed by atoms with Crippen LogP contribution in [0.25, 0.3) is 17.0 Å². The lowest BCUT2D eigenvalue weighted by Crippen LogP contribution is -2.36. The fourth-order valence-corrected chi connectivity index (χ4v) is 3.77. The maximum absolute atomic E-state index is 12.4. The van der Waals surface area contributed by atoms with Gasteiger partial charge in [-0.3, -0.25) is 4.79 Å². The average Bonchev–Trinajstić information content (AvgIpc) is 3.10. The van der Waals surface area contributed by atoms with E-state index >= 15 is 0 Å². The van der Waals surface area contributed by atoms with Crippen molar-refractivity contribution >= 4 is 34.5 Å². The second kappa shape index (κ2) is 7.38. The number of nitrogens with one attached hydrogen (secondary N) is 1. The molecule has 3 aromatic rings. The second-order valence-electron chi connectivity index (χ2n) is 6.80. The van der Waals surface area contributed by atoms with Crippen molar-refractivity contribution in [3.05, 3.63) is 77.0 Å². The molecule has 4 heteroatoms. The minimum Gasteiger partial charge on any atom is -0.358 e. The minimum absolute atomic E-state index is 0.0933. The molecule has 2 aromatic carbocycles. The number of amides is 1. The molecule has 1 amide bonds. The van der Waals surface area contributed by atoms with Gasteiger partial charge in [-0.1, -0.05) is 41.9 Å². The highest BCUT2D eigenvalue weighted by Gasteiger charge is 2.23. The third-order valence-corrected chi connectivity index (χ3v) is 5.30. The van der Waals surface area contributed by atoms with Gasteiger partial charge in [0.25, 0.3) is 0 Å². The van der Waals surface area contributed by atoms with Crippen molar-refractivity contribution in [3.8, 4) is 0 Å². The Labute approximate surface area is 158 Å². The number of nitrogens with zero attached hydrogens (tertiary/aromatic N) is 1. The Bertz CT molecular complexity index is 937. The number of H-pyrrole nitrogens is 1.